The highest BCUT2D eigenvalue weighted by atomic mass is 32.2. The van der Waals surface area contributed by atoms with E-state index < -0.39 is 0 Å². The van der Waals surface area contributed by atoms with Crippen LogP contribution in [0.3, 0.4) is 0 Å². The number of aryl methyl sites for hydroxylation is 2. The Morgan fingerprint density at radius 3 is 2.42 bits per heavy atom. The summed E-state index contributed by atoms with van der Waals surface area (Å²) in [6.07, 6.45) is 0. The van der Waals surface area contributed by atoms with Gasteiger partial charge in [0.05, 0.1) is 5.75 Å². The molecule has 0 atom stereocenters. The average molecular weight is 280 g/mol. The number of likely N-dealkylation sites (N-methyl/N-ethyl adjacent to an activating group) is 1. The summed E-state index contributed by atoms with van der Waals surface area (Å²) in [6.45, 7) is 5.81. The van der Waals surface area contributed by atoms with Crippen molar-refractivity contribution >= 4 is 17.7 Å². The van der Waals surface area contributed by atoms with Crippen LogP contribution in [0.1, 0.15) is 16.7 Å². The van der Waals surface area contributed by atoms with Gasteiger partial charge in [0.1, 0.15) is 0 Å². The molecule has 0 aromatic heterocycles. The van der Waals surface area contributed by atoms with Gasteiger partial charge in [-0.25, -0.2) is 0 Å². The van der Waals surface area contributed by atoms with Crippen molar-refractivity contribution in [3.63, 3.8) is 0 Å². The van der Waals surface area contributed by atoms with Crippen LogP contribution in [0.4, 0.5) is 0 Å². The molecule has 1 amide bonds. The maximum Gasteiger partial charge on any atom is 0.230 e. The van der Waals surface area contributed by atoms with Gasteiger partial charge in [-0.3, -0.25) is 4.79 Å². The number of hydrogen-bond donors (Lipinski definition) is 1. The zero-order chi connectivity index (χ0) is 14.3. The lowest BCUT2D eigenvalue weighted by atomic mass is 10.1. The van der Waals surface area contributed by atoms with Gasteiger partial charge in [0.25, 0.3) is 0 Å². The monoisotopic (exact) mass is 280 g/mol. The highest BCUT2D eigenvalue weighted by Crippen LogP contribution is 2.15. The highest BCUT2D eigenvalue weighted by molar-refractivity contribution is 7.99. The number of rotatable bonds is 7. The molecule has 0 fully saturated rings. The zero-order valence-electron chi connectivity index (χ0n) is 12.3. The molecule has 0 saturated carbocycles. The third-order valence-corrected chi connectivity index (χ3v) is 3.67. The van der Waals surface area contributed by atoms with Crippen molar-refractivity contribution in [2.24, 2.45) is 0 Å². The summed E-state index contributed by atoms with van der Waals surface area (Å²) < 4.78 is 0. The van der Waals surface area contributed by atoms with E-state index in [0.717, 1.165) is 18.8 Å². The molecular formula is C15H24N2OS. The van der Waals surface area contributed by atoms with Crippen LogP contribution in [-0.4, -0.2) is 43.7 Å². The highest BCUT2D eigenvalue weighted by Gasteiger charge is 2.02. The number of benzene rings is 1. The fourth-order valence-electron chi connectivity index (χ4n) is 1.88. The van der Waals surface area contributed by atoms with Crippen LogP contribution in [0.2, 0.25) is 0 Å². The van der Waals surface area contributed by atoms with Crippen LogP contribution < -0.4 is 5.32 Å². The predicted molar refractivity (Wildman–Crippen MR) is 83.6 cm³/mol. The third-order valence-electron chi connectivity index (χ3n) is 2.66. The maximum atomic E-state index is 11.6. The van der Waals surface area contributed by atoms with Crippen molar-refractivity contribution in [3.8, 4) is 0 Å². The summed E-state index contributed by atoms with van der Waals surface area (Å²) in [5.41, 5.74) is 3.86. The van der Waals surface area contributed by atoms with E-state index in [1.165, 1.54) is 16.7 Å². The predicted octanol–water partition coefficient (Wildman–Crippen LogP) is 2.21. The quantitative estimate of drug-likeness (QED) is 0.831. The lowest BCUT2D eigenvalue weighted by Crippen LogP contribution is -2.32. The van der Waals surface area contributed by atoms with Gasteiger partial charge in [0.2, 0.25) is 5.91 Å². The second-order valence-corrected chi connectivity index (χ2v) is 6.13. The van der Waals surface area contributed by atoms with Crippen LogP contribution in [0, 0.1) is 13.8 Å². The fraction of sp³-hybridized carbons (Fsp3) is 0.533. The lowest BCUT2D eigenvalue weighted by Gasteiger charge is -2.10. The van der Waals surface area contributed by atoms with Crippen LogP contribution in [-0.2, 0) is 10.5 Å². The maximum absolute atomic E-state index is 11.6. The Kier molecular flexibility index (Phi) is 6.95. The fourth-order valence-corrected chi connectivity index (χ4v) is 2.68. The standard InChI is InChI=1S/C15H24N2OS/c1-12-7-13(2)9-14(8-12)10-19-11-15(18)16-5-6-17(3)4/h7-9H,5-6,10-11H2,1-4H3,(H,16,18). The van der Waals surface area contributed by atoms with Crippen LogP contribution in [0.25, 0.3) is 0 Å². The molecular weight excluding hydrogens is 256 g/mol. The van der Waals surface area contributed by atoms with Crippen molar-refractivity contribution in [3.05, 3.63) is 34.9 Å². The smallest absolute Gasteiger partial charge is 0.230 e. The molecule has 0 bridgehead atoms. The molecule has 0 radical (unpaired) electrons. The Morgan fingerprint density at radius 2 is 1.84 bits per heavy atom. The van der Waals surface area contributed by atoms with E-state index in [4.69, 9.17) is 0 Å². The Hall–Kier alpha value is -1.00. The first-order valence-corrected chi connectivity index (χ1v) is 7.69. The van der Waals surface area contributed by atoms with Crippen molar-refractivity contribution in [1.82, 2.24) is 10.2 Å². The lowest BCUT2D eigenvalue weighted by molar-refractivity contribution is -0.118. The summed E-state index contributed by atoms with van der Waals surface area (Å²) in [6, 6.07) is 6.54. The molecule has 1 aromatic carbocycles. The Balaban J connectivity index is 2.24. The first kappa shape index (κ1) is 16.1. The van der Waals surface area contributed by atoms with Crippen molar-refractivity contribution in [2.45, 2.75) is 19.6 Å². The topological polar surface area (TPSA) is 32.3 Å². The van der Waals surface area contributed by atoms with Gasteiger partial charge in [0.15, 0.2) is 0 Å². The summed E-state index contributed by atoms with van der Waals surface area (Å²) in [7, 11) is 4.00. The van der Waals surface area contributed by atoms with E-state index in [2.05, 4.69) is 42.3 Å². The number of carbonyl (C=O) groups excluding carboxylic acids is 1. The minimum Gasteiger partial charge on any atom is -0.354 e. The van der Waals surface area contributed by atoms with E-state index in [1.54, 1.807) is 11.8 Å². The van der Waals surface area contributed by atoms with Crippen molar-refractivity contribution in [1.29, 1.82) is 0 Å². The van der Waals surface area contributed by atoms with Crippen molar-refractivity contribution < 1.29 is 4.79 Å². The summed E-state index contributed by atoms with van der Waals surface area (Å²) in [4.78, 5) is 13.7. The zero-order valence-corrected chi connectivity index (χ0v) is 13.1. The third kappa shape index (κ3) is 7.23. The van der Waals surface area contributed by atoms with Crippen molar-refractivity contribution in [2.75, 3.05) is 32.9 Å². The summed E-state index contributed by atoms with van der Waals surface area (Å²) in [5, 5.41) is 2.92. The van der Waals surface area contributed by atoms with Crippen LogP contribution >= 0.6 is 11.8 Å². The molecule has 0 aliphatic rings. The Labute approximate surface area is 120 Å². The molecule has 0 spiro atoms. The molecule has 1 N–H and O–H groups in total. The van der Waals surface area contributed by atoms with E-state index in [-0.39, 0.29) is 5.91 Å². The van der Waals surface area contributed by atoms with Gasteiger partial charge in [0, 0.05) is 18.8 Å². The van der Waals surface area contributed by atoms with Gasteiger partial charge in [-0.15, -0.1) is 11.8 Å². The molecule has 0 unspecified atom stereocenters. The summed E-state index contributed by atoms with van der Waals surface area (Å²) in [5.74, 6) is 1.54. The van der Waals surface area contributed by atoms with Gasteiger partial charge in [-0.1, -0.05) is 29.3 Å². The van der Waals surface area contributed by atoms with E-state index in [1.807, 2.05) is 14.1 Å². The van der Waals surface area contributed by atoms with Gasteiger partial charge < -0.3 is 10.2 Å². The molecule has 106 valence electrons. The second-order valence-electron chi connectivity index (χ2n) is 5.14. The van der Waals surface area contributed by atoms with Gasteiger partial charge in [-0.05, 0) is 33.5 Å². The van der Waals surface area contributed by atoms with Gasteiger partial charge >= 0.3 is 0 Å². The number of nitrogens with zero attached hydrogens (tertiary/aromatic N) is 1. The number of amides is 1. The normalized spacial score (nSPS) is 10.8. The minimum atomic E-state index is 0.122. The first-order valence-electron chi connectivity index (χ1n) is 6.53. The number of carbonyl (C=O) groups is 1. The number of hydrogen-bond acceptors (Lipinski definition) is 3. The van der Waals surface area contributed by atoms with E-state index >= 15 is 0 Å². The van der Waals surface area contributed by atoms with Gasteiger partial charge in [-0.2, -0.15) is 0 Å². The molecule has 4 heteroatoms. The minimum absolute atomic E-state index is 0.122. The number of nitrogens with one attached hydrogen (secondary N) is 1. The van der Waals surface area contributed by atoms with Crippen LogP contribution in [0.5, 0.6) is 0 Å². The largest absolute Gasteiger partial charge is 0.354 e. The first-order chi connectivity index (χ1) is 8.97. The molecule has 1 rings (SSSR count). The Morgan fingerprint density at radius 1 is 1.21 bits per heavy atom. The molecule has 0 saturated heterocycles. The molecule has 19 heavy (non-hydrogen) atoms. The Bertz CT molecular complexity index is 398. The molecule has 3 nitrogen and oxygen atoms in total. The summed E-state index contributed by atoms with van der Waals surface area (Å²) >= 11 is 1.67. The SMILES string of the molecule is Cc1cc(C)cc(CSCC(=O)NCCN(C)C)c1. The van der Waals surface area contributed by atoms with E-state index in [9.17, 15) is 4.79 Å². The number of thioether (sulfide) groups is 1. The van der Waals surface area contributed by atoms with E-state index in [0.29, 0.717) is 5.75 Å². The molecule has 1 aromatic rings. The van der Waals surface area contributed by atoms with Crippen LogP contribution in [0.15, 0.2) is 18.2 Å². The second kappa shape index (κ2) is 8.23. The molecule has 0 aliphatic carbocycles. The molecule has 0 aliphatic heterocycles. The molecule has 0 heterocycles. The average Bonchev–Trinajstić information content (AvgIpc) is 2.27.